The van der Waals surface area contributed by atoms with Crippen LogP contribution in [0.3, 0.4) is 0 Å². The lowest BCUT2D eigenvalue weighted by atomic mass is 10.0. The van der Waals surface area contributed by atoms with Crippen LogP contribution in [0.25, 0.3) is 11.3 Å². The molecule has 3 amide bonds. The molecule has 1 unspecified atom stereocenters. The SMILES string of the molecule is Cc1cccc(C(CC(=O)Nc2n[nH]c(-c3ccncc3)c2C)NC(N)=O)c1. The number of carbonyl (C=O) groups excluding carboxylic acids is 2. The summed E-state index contributed by atoms with van der Waals surface area (Å²) in [6, 6.07) is 10.1. The number of carbonyl (C=O) groups is 2. The van der Waals surface area contributed by atoms with Crippen molar-refractivity contribution in [2.24, 2.45) is 5.73 Å². The van der Waals surface area contributed by atoms with Crippen LogP contribution >= 0.6 is 0 Å². The van der Waals surface area contributed by atoms with E-state index in [1.165, 1.54) is 0 Å². The summed E-state index contributed by atoms with van der Waals surface area (Å²) in [4.78, 5) is 28.0. The van der Waals surface area contributed by atoms with Crippen LogP contribution in [0, 0.1) is 13.8 Å². The molecule has 2 heterocycles. The van der Waals surface area contributed by atoms with Crippen LogP contribution in [0.2, 0.25) is 0 Å². The number of aromatic amines is 1. The summed E-state index contributed by atoms with van der Waals surface area (Å²) in [7, 11) is 0. The molecule has 3 aromatic rings. The molecule has 5 N–H and O–H groups in total. The summed E-state index contributed by atoms with van der Waals surface area (Å²) < 4.78 is 0. The molecule has 1 atom stereocenters. The van der Waals surface area contributed by atoms with Gasteiger partial charge in [0.05, 0.1) is 18.2 Å². The van der Waals surface area contributed by atoms with Crippen molar-refractivity contribution < 1.29 is 9.59 Å². The van der Waals surface area contributed by atoms with E-state index in [0.717, 1.165) is 27.9 Å². The third-order valence-electron chi connectivity index (χ3n) is 4.39. The zero-order valence-corrected chi connectivity index (χ0v) is 15.7. The Bertz CT molecular complexity index is 983. The maximum Gasteiger partial charge on any atom is 0.312 e. The number of hydrogen-bond donors (Lipinski definition) is 4. The number of primary amides is 1. The van der Waals surface area contributed by atoms with Gasteiger partial charge in [0.15, 0.2) is 5.82 Å². The molecular formula is C20H22N6O2. The Labute approximate surface area is 162 Å². The first kappa shape index (κ1) is 19.1. The summed E-state index contributed by atoms with van der Waals surface area (Å²) in [5, 5.41) is 12.6. The molecule has 3 rings (SSSR count). The van der Waals surface area contributed by atoms with E-state index >= 15 is 0 Å². The molecule has 0 aliphatic rings. The lowest BCUT2D eigenvalue weighted by molar-refractivity contribution is -0.116. The summed E-state index contributed by atoms with van der Waals surface area (Å²) in [6.45, 7) is 3.81. The van der Waals surface area contributed by atoms with Gasteiger partial charge in [-0.05, 0) is 31.5 Å². The monoisotopic (exact) mass is 378 g/mol. The van der Waals surface area contributed by atoms with Crippen molar-refractivity contribution in [3.05, 3.63) is 65.5 Å². The number of pyridine rings is 1. The predicted molar refractivity (Wildman–Crippen MR) is 106 cm³/mol. The molecule has 144 valence electrons. The van der Waals surface area contributed by atoms with Crippen molar-refractivity contribution in [1.82, 2.24) is 20.5 Å². The molecule has 28 heavy (non-hydrogen) atoms. The fraction of sp³-hybridized carbons (Fsp3) is 0.200. The molecule has 0 fully saturated rings. The maximum atomic E-state index is 12.6. The zero-order chi connectivity index (χ0) is 20.1. The largest absolute Gasteiger partial charge is 0.352 e. The van der Waals surface area contributed by atoms with Gasteiger partial charge in [-0.3, -0.25) is 14.9 Å². The first-order valence-corrected chi connectivity index (χ1v) is 8.82. The van der Waals surface area contributed by atoms with E-state index in [1.54, 1.807) is 12.4 Å². The van der Waals surface area contributed by atoms with Gasteiger partial charge in [0.1, 0.15) is 0 Å². The van der Waals surface area contributed by atoms with Crippen molar-refractivity contribution in [2.75, 3.05) is 5.32 Å². The average molecular weight is 378 g/mol. The topological polar surface area (TPSA) is 126 Å². The van der Waals surface area contributed by atoms with Crippen LogP contribution < -0.4 is 16.4 Å². The lowest BCUT2D eigenvalue weighted by Gasteiger charge is -2.18. The minimum Gasteiger partial charge on any atom is -0.352 e. The summed E-state index contributed by atoms with van der Waals surface area (Å²) in [5.41, 5.74) is 9.67. The van der Waals surface area contributed by atoms with Crippen LogP contribution in [0.5, 0.6) is 0 Å². The number of aryl methyl sites for hydroxylation is 1. The van der Waals surface area contributed by atoms with E-state index in [-0.39, 0.29) is 12.3 Å². The molecule has 0 saturated heterocycles. The number of aromatic nitrogens is 3. The van der Waals surface area contributed by atoms with Crippen LogP contribution in [0.1, 0.15) is 29.2 Å². The van der Waals surface area contributed by atoms with Gasteiger partial charge in [-0.25, -0.2) is 4.79 Å². The second-order valence-corrected chi connectivity index (χ2v) is 6.54. The van der Waals surface area contributed by atoms with Crippen molar-refractivity contribution >= 4 is 17.8 Å². The van der Waals surface area contributed by atoms with Crippen LogP contribution in [0.4, 0.5) is 10.6 Å². The quantitative estimate of drug-likeness (QED) is 0.526. The highest BCUT2D eigenvalue weighted by Gasteiger charge is 2.20. The van der Waals surface area contributed by atoms with Crippen LogP contribution in [-0.2, 0) is 4.79 Å². The highest BCUT2D eigenvalue weighted by atomic mass is 16.2. The molecule has 8 nitrogen and oxygen atoms in total. The summed E-state index contributed by atoms with van der Waals surface area (Å²) in [5.74, 6) is 0.162. The van der Waals surface area contributed by atoms with E-state index in [0.29, 0.717) is 5.82 Å². The number of rotatable bonds is 6. The van der Waals surface area contributed by atoms with Crippen molar-refractivity contribution in [2.45, 2.75) is 26.3 Å². The smallest absolute Gasteiger partial charge is 0.312 e. The van der Waals surface area contributed by atoms with Gasteiger partial charge in [0.2, 0.25) is 5.91 Å². The number of urea groups is 1. The Kier molecular flexibility index (Phi) is 5.69. The van der Waals surface area contributed by atoms with E-state index in [9.17, 15) is 9.59 Å². The van der Waals surface area contributed by atoms with E-state index in [4.69, 9.17) is 5.73 Å². The molecule has 0 aliphatic heterocycles. The molecule has 1 aromatic carbocycles. The Morgan fingerprint density at radius 1 is 1.18 bits per heavy atom. The second kappa shape index (κ2) is 8.34. The normalized spacial score (nSPS) is 11.6. The fourth-order valence-corrected chi connectivity index (χ4v) is 3.00. The highest BCUT2D eigenvalue weighted by molar-refractivity contribution is 5.92. The number of nitrogens with one attached hydrogen (secondary N) is 3. The Balaban J connectivity index is 1.75. The van der Waals surface area contributed by atoms with Gasteiger partial charge < -0.3 is 16.4 Å². The Hall–Kier alpha value is -3.68. The molecule has 2 aromatic heterocycles. The third kappa shape index (κ3) is 4.53. The number of hydrogen-bond acceptors (Lipinski definition) is 4. The summed E-state index contributed by atoms with van der Waals surface area (Å²) >= 11 is 0. The van der Waals surface area contributed by atoms with Crippen LogP contribution in [0.15, 0.2) is 48.8 Å². The summed E-state index contributed by atoms with van der Waals surface area (Å²) in [6.07, 6.45) is 3.41. The van der Waals surface area contributed by atoms with Gasteiger partial charge in [-0.1, -0.05) is 29.8 Å². The highest BCUT2D eigenvalue weighted by Crippen LogP contribution is 2.26. The zero-order valence-electron chi connectivity index (χ0n) is 15.7. The van der Waals surface area contributed by atoms with Gasteiger partial charge in [-0.2, -0.15) is 5.10 Å². The first-order chi connectivity index (χ1) is 13.4. The second-order valence-electron chi connectivity index (χ2n) is 6.54. The number of nitrogens with two attached hydrogens (primary N) is 1. The number of H-pyrrole nitrogens is 1. The molecule has 0 saturated carbocycles. The minimum atomic E-state index is -0.685. The van der Waals surface area contributed by atoms with Crippen LogP contribution in [-0.4, -0.2) is 27.1 Å². The molecule has 0 radical (unpaired) electrons. The maximum absolute atomic E-state index is 12.6. The first-order valence-electron chi connectivity index (χ1n) is 8.82. The van der Waals surface area contributed by atoms with Crippen molar-refractivity contribution in [3.8, 4) is 11.3 Å². The standard InChI is InChI=1S/C20H22N6O2/c1-12-4-3-5-15(10-12)16(23-20(21)28)11-17(27)24-19-13(2)18(25-26-19)14-6-8-22-9-7-14/h3-10,16H,11H2,1-2H3,(H3,21,23,28)(H2,24,25,26,27). The number of amides is 3. The van der Waals surface area contributed by atoms with Gasteiger partial charge in [0, 0.05) is 23.5 Å². The van der Waals surface area contributed by atoms with E-state index in [1.807, 2.05) is 50.2 Å². The average Bonchev–Trinajstić information content (AvgIpc) is 3.02. The molecule has 0 spiro atoms. The molecular weight excluding hydrogens is 356 g/mol. The third-order valence-corrected chi connectivity index (χ3v) is 4.39. The van der Waals surface area contributed by atoms with Gasteiger partial charge in [0.25, 0.3) is 0 Å². The molecule has 0 aliphatic carbocycles. The lowest BCUT2D eigenvalue weighted by Crippen LogP contribution is -2.35. The van der Waals surface area contributed by atoms with Gasteiger partial charge in [-0.15, -0.1) is 0 Å². The molecule has 8 heteroatoms. The Morgan fingerprint density at radius 3 is 2.61 bits per heavy atom. The molecule has 0 bridgehead atoms. The number of anilines is 1. The van der Waals surface area contributed by atoms with Crippen molar-refractivity contribution in [3.63, 3.8) is 0 Å². The van der Waals surface area contributed by atoms with Crippen molar-refractivity contribution in [1.29, 1.82) is 0 Å². The predicted octanol–water partition coefficient (Wildman–Crippen LogP) is 2.83. The fourth-order valence-electron chi connectivity index (χ4n) is 3.00. The minimum absolute atomic E-state index is 0.0310. The number of nitrogens with zero attached hydrogens (tertiary/aromatic N) is 2. The number of benzene rings is 1. The van der Waals surface area contributed by atoms with Gasteiger partial charge >= 0.3 is 6.03 Å². The van der Waals surface area contributed by atoms with E-state index in [2.05, 4.69) is 25.8 Å². The van der Waals surface area contributed by atoms with E-state index < -0.39 is 12.1 Å². The Morgan fingerprint density at radius 2 is 1.93 bits per heavy atom.